The molecule has 0 saturated heterocycles. The van der Waals surface area contributed by atoms with Crippen LogP contribution in [0, 0.1) is 6.92 Å². The summed E-state index contributed by atoms with van der Waals surface area (Å²) < 4.78 is 32.5. The minimum Gasteiger partial charge on any atom is -0.493 e. The summed E-state index contributed by atoms with van der Waals surface area (Å²) in [4.78, 5) is 0.0765. The Labute approximate surface area is 146 Å². The van der Waals surface area contributed by atoms with Crippen molar-refractivity contribution >= 4 is 21.6 Å². The lowest BCUT2D eigenvalue weighted by atomic mass is 10.0. The molecule has 0 fully saturated rings. The van der Waals surface area contributed by atoms with Gasteiger partial charge in [-0.25, -0.2) is 13.1 Å². The van der Waals surface area contributed by atoms with Crippen LogP contribution in [0.25, 0.3) is 0 Å². The average molecular weight is 368 g/mol. The van der Waals surface area contributed by atoms with Crippen molar-refractivity contribution in [2.75, 3.05) is 13.2 Å². The number of hydrogen-bond donors (Lipinski definition) is 2. The van der Waals surface area contributed by atoms with E-state index >= 15 is 0 Å². The van der Waals surface area contributed by atoms with Crippen LogP contribution in [0.1, 0.15) is 22.8 Å². The number of nitrogens with one attached hydrogen (secondary N) is 1. The molecule has 0 radical (unpaired) electrons. The maximum absolute atomic E-state index is 12.3. The zero-order valence-electron chi connectivity index (χ0n) is 13.1. The Bertz CT molecular complexity index is 867. The third-order valence-corrected chi connectivity index (χ3v) is 5.85. The summed E-state index contributed by atoms with van der Waals surface area (Å²) in [6.07, 6.45) is -0.143. The quantitative estimate of drug-likeness (QED) is 0.851. The Balaban J connectivity index is 1.71. The normalized spacial score (nSPS) is 15.0. The molecular weight excluding hydrogens is 350 g/mol. The number of benzene rings is 2. The second kappa shape index (κ2) is 6.72. The fourth-order valence-corrected chi connectivity index (χ4v) is 3.85. The number of fused-ring (bicyclic) bond motifs is 1. The van der Waals surface area contributed by atoms with E-state index in [0.29, 0.717) is 17.2 Å². The number of sulfonamides is 1. The van der Waals surface area contributed by atoms with Crippen LogP contribution in [0.5, 0.6) is 5.75 Å². The van der Waals surface area contributed by atoms with Crippen LogP contribution in [-0.2, 0) is 16.4 Å². The van der Waals surface area contributed by atoms with E-state index < -0.39 is 16.1 Å². The Morgan fingerprint density at radius 2 is 2.08 bits per heavy atom. The Morgan fingerprint density at radius 3 is 2.83 bits per heavy atom. The molecular formula is C17H18ClNO4S. The van der Waals surface area contributed by atoms with Crippen molar-refractivity contribution in [1.29, 1.82) is 0 Å². The van der Waals surface area contributed by atoms with Gasteiger partial charge in [0.1, 0.15) is 5.75 Å². The molecule has 1 heterocycles. The summed E-state index contributed by atoms with van der Waals surface area (Å²) >= 11 is 5.98. The number of rotatable bonds is 5. The lowest BCUT2D eigenvalue weighted by Gasteiger charge is -2.14. The molecule has 3 rings (SSSR count). The first-order valence-corrected chi connectivity index (χ1v) is 9.42. The second-order valence-electron chi connectivity index (χ2n) is 5.74. The zero-order valence-corrected chi connectivity index (χ0v) is 14.7. The average Bonchev–Trinajstić information content (AvgIpc) is 3.02. The molecule has 0 aliphatic carbocycles. The number of aryl methyl sites for hydroxylation is 1. The molecule has 2 aromatic rings. The van der Waals surface area contributed by atoms with Gasteiger partial charge in [-0.2, -0.15) is 0 Å². The maximum atomic E-state index is 12.3. The molecule has 2 aromatic carbocycles. The van der Waals surface area contributed by atoms with Crippen LogP contribution in [0.4, 0.5) is 0 Å². The van der Waals surface area contributed by atoms with E-state index in [9.17, 15) is 13.5 Å². The summed E-state index contributed by atoms with van der Waals surface area (Å²) in [5, 5.41) is 10.7. The number of ether oxygens (including phenoxy) is 1. The molecule has 24 heavy (non-hydrogen) atoms. The van der Waals surface area contributed by atoms with Gasteiger partial charge in [0.25, 0.3) is 0 Å². The lowest BCUT2D eigenvalue weighted by molar-refractivity contribution is 0.182. The van der Waals surface area contributed by atoms with Crippen LogP contribution in [-0.4, -0.2) is 26.7 Å². The van der Waals surface area contributed by atoms with E-state index in [1.54, 1.807) is 25.1 Å². The van der Waals surface area contributed by atoms with Gasteiger partial charge in [-0.15, -0.1) is 0 Å². The molecule has 5 nitrogen and oxygen atoms in total. The smallest absolute Gasteiger partial charge is 0.240 e. The minimum absolute atomic E-state index is 0.0765. The first kappa shape index (κ1) is 17.2. The van der Waals surface area contributed by atoms with Crippen molar-refractivity contribution < 1.29 is 18.3 Å². The topological polar surface area (TPSA) is 75.6 Å². The molecule has 1 aliphatic rings. The Hall–Kier alpha value is -1.60. The van der Waals surface area contributed by atoms with Gasteiger partial charge < -0.3 is 9.84 Å². The highest BCUT2D eigenvalue weighted by atomic mass is 35.5. The van der Waals surface area contributed by atoms with E-state index in [0.717, 1.165) is 23.3 Å². The van der Waals surface area contributed by atoms with Crippen molar-refractivity contribution in [2.24, 2.45) is 0 Å². The van der Waals surface area contributed by atoms with Gasteiger partial charge >= 0.3 is 0 Å². The van der Waals surface area contributed by atoms with E-state index in [1.165, 1.54) is 12.1 Å². The Kier molecular flexibility index (Phi) is 4.83. The highest BCUT2D eigenvalue weighted by Crippen LogP contribution is 2.28. The van der Waals surface area contributed by atoms with Gasteiger partial charge in [-0.3, -0.25) is 0 Å². The molecule has 0 amide bonds. The largest absolute Gasteiger partial charge is 0.493 e. The van der Waals surface area contributed by atoms with Crippen LogP contribution < -0.4 is 9.46 Å². The molecule has 1 atom stereocenters. The second-order valence-corrected chi connectivity index (χ2v) is 7.92. The van der Waals surface area contributed by atoms with E-state index in [2.05, 4.69) is 4.72 Å². The molecule has 0 saturated carbocycles. The van der Waals surface area contributed by atoms with Gasteiger partial charge in [0, 0.05) is 18.0 Å². The predicted octanol–water partition coefficient (Wildman–Crippen LogP) is 2.60. The fourth-order valence-electron chi connectivity index (χ4n) is 2.54. The fraction of sp³-hybridized carbons (Fsp3) is 0.294. The van der Waals surface area contributed by atoms with E-state index in [-0.39, 0.29) is 11.4 Å². The number of halogens is 1. The van der Waals surface area contributed by atoms with Crippen molar-refractivity contribution in [3.8, 4) is 5.75 Å². The first-order valence-electron chi connectivity index (χ1n) is 7.56. The van der Waals surface area contributed by atoms with Gasteiger partial charge in [-0.05, 0) is 47.9 Å². The molecule has 1 aliphatic heterocycles. The van der Waals surface area contributed by atoms with Gasteiger partial charge in [0.05, 0.1) is 17.6 Å². The molecule has 0 aromatic heterocycles. The highest BCUT2D eigenvalue weighted by molar-refractivity contribution is 7.89. The predicted molar refractivity (Wildman–Crippen MR) is 92.0 cm³/mol. The van der Waals surface area contributed by atoms with Crippen molar-refractivity contribution in [1.82, 2.24) is 4.72 Å². The number of aliphatic hydroxyl groups excluding tert-OH is 1. The van der Waals surface area contributed by atoms with Crippen molar-refractivity contribution in [3.63, 3.8) is 0 Å². The van der Waals surface area contributed by atoms with Crippen molar-refractivity contribution in [2.45, 2.75) is 24.3 Å². The summed E-state index contributed by atoms with van der Waals surface area (Å²) in [5.74, 6) is 0.820. The number of aliphatic hydroxyl groups is 1. The monoisotopic (exact) mass is 367 g/mol. The molecule has 1 unspecified atom stereocenters. The molecule has 2 N–H and O–H groups in total. The zero-order chi connectivity index (χ0) is 17.3. The SMILES string of the molecule is Cc1ccc(S(=O)(=O)NCC(O)c2ccc3c(c2)CCO3)cc1Cl. The first-order chi connectivity index (χ1) is 11.4. The van der Waals surface area contributed by atoms with E-state index in [4.69, 9.17) is 16.3 Å². The Morgan fingerprint density at radius 1 is 1.29 bits per heavy atom. The van der Waals surface area contributed by atoms with Gasteiger partial charge in [-0.1, -0.05) is 23.7 Å². The maximum Gasteiger partial charge on any atom is 0.240 e. The van der Waals surface area contributed by atoms with Gasteiger partial charge in [0.15, 0.2) is 0 Å². The third-order valence-electron chi connectivity index (χ3n) is 4.02. The van der Waals surface area contributed by atoms with Crippen LogP contribution in [0.2, 0.25) is 5.02 Å². The molecule has 0 bridgehead atoms. The number of hydrogen-bond acceptors (Lipinski definition) is 4. The van der Waals surface area contributed by atoms with Crippen molar-refractivity contribution in [3.05, 3.63) is 58.1 Å². The molecule has 0 spiro atoms. The summed E-state index contributed by atoms with van der Waals surface area (Å²) in [6.45, 7) is 2.32. The van der Waals surface area contributed by atoms with Crippen LogP contribution in [0.3, 0.4) is 0 Å². The summed E-state index contributed by atoms with van der Waals surface area (Å²) in [5.41, 5.74) is 2.49. The highest BCUT2D eigenvalue weighted by Gasteiger charge is 2.19. The molecule has 7 heteroatoms. The van der Waals surface area contributed by atoms with Gasteiger partial charge in [0.2, 0.25) is 10.0 Å². The lowest BCUT2D eigenvalue weighted by Crippen LogP contribution is -2.28. The summed E-state index contributed by atoms with van der Waals surface area (Å²) in [7, 11) is -3.73. The van der Waals surface area contributed by atoms with Crippen LogP contribution >= 0.6 is 11.6 Å². The third kappa shape index (κ3) is 3.57. The van der Waals surface area contributed by atoms with E-state index in [1.807, 2.05) is 6.07 Å². The molecule has 128 valence electrons. The van der Waals surface area contributed by atoms with Crippen LogP contribution in [0.15, 0.2) is 41.3 Å². The summed E-state index contributed by atoms with van der Waals surface area (Å²) in [6, 6.07) is 9.93. The standard InChI is InChI=1S/C17H18ClNO4S/c1-11-2-4-14(9-15(11)18)24(21,22)19-10-16(20)12-3-5-17-13(8-12)6-7-23-17/h2-5,8-9,16,19-20H,6-7,10H2,1H3. The minimum atomic E-state index is -3.73.